The van der Waals surface area contributed by atoms with Gasteiger partial charge in [-0.3, -0.25) is 4.79 Å². The topological polar surface area (TPSA) is 37.3 Å². The Morgan fingerprint density at radius 1 is 1.43 bits per heavy atom. The summed E-state index contributed by atoms with van der Waals surface area (Å²) in [5, 5.41) is 9.91. The molecule has 1 N–H and O–H groups in total. The van der Waals surface area contributed by atoms with E-state index in [1.807, 2.05) is 0 Å². The number of fused-ring (bicyclic) bond motifs is 2. The molecule has 0 aromatic rings. The molecule has 1 fully saturated rings. The number of rotatable bonds is 0. The lowest BCUT2D eigenvalue weighted by Crippen LogP contribution is -2.34. The van der Waals surface area contributed by atoms with Crippen molar-refractivity contribution in [1.82, 2.24) is 0 Å². The second-order valence-corrected chi connectivity index (χ2v) is 3.59. The first-order valence-corrected chi connectivity index (χ1v) is 4.65. The van der Waals surface area contributed by atoms with Crippen molar-refractivity contribution in [1.29, 1.82) is 0 Å². The van der Waals surface area contributed by atoms with Crippen molar-refractivity contribution in [2.75, 3.05) is 0 Å². The van der Waals surface area contributed by atoms with Gasteiger partial charge in [-0.15, -0.1) is 0 Å². The average molecular weight is 186 g/mol. The summed E-state index contributed by atoms with van der Waals surface area (Å²) < 4.78 is 0. The highest BCUT2D eigenvalue weighted by atomic mass is 16.3. The Bertz CT molecular complexity index is 411. The maximum absolute atomic E-state index is 11.7. The Morgan fingerprint density at radius 3 is 3.07 bits per heavy atom. The Hall–Kier alpha value is -1.51. The number of carbonyl (C=O) groups excluding carboxylic acids is 1. The Morgan fingerprint density at radius 2 is 2.21 bits per heavy atom. The third-order valence-corrected chi connectivity index (χ3v) is 2.61. The molecule has 1 saturated carbocycles. The third-order valence-electron chi connectivity index (χ3n) is 2.61. The van der Waals surface area contributed by atoms with Crippen LogP contribution in [0.5, 0.6) is 0 Å². The summed E-state index contributed by atoms with van der Waals surface area (Å²) in [6.07, 6.45) is 4.88. The van der Waals surface area contributed by atoms with Crippen LogP contribution < -0.4 is 0 Å². The molecule has 70 valence electrons. The number of hydrogen-bond donors (Lipinski definition) is 1. The van der Waals surface area contributed by atoms with E-state index in [9.17, 15) is 9.90 Å². The molecule has 2 aliphatic rings. The van der Waals surface area contributed by atoms with Gasteiger partial charge in [0.15, 0.2) is 11.4 Å². The maximum atomic E-state index is 11.7. The summed E-state index contributed by atoms with van der Waals surface area (Å²) in [4.78, 5) is 11.7. The van der Waals surface area contributed by atoms with Crippen molar-refractivity contribution in [3.05, 3.63) is 12.2 Å². The third kappa shape index (κ3) is 1.45. The minimum Gasteiger partial charge on any atom is -0.371 e. The van der Waals surface area contributed by atoms with Crippen molar-refractivity contribution < 1.29 is 9.90 Å². The van der Waals surface area contributed by atoms with Crippen LogP contribution in [0.2, 0.25) is 0 Å². The van der Waals surface area contributed by atoms with Gasteiger partial charge in [-0.05, 0) is 25.0 Å². The molecule has 2 heteroatoms. The molecule has 2 atom stereocenters. The van der Waals surface area contributed by atoms with Gasteiger partial charge in [0.25, 0.3) is 0 Å². The van der Waals surface area contributed by atoms with Crippen molar-refractivity contribution in [2.24, 2.45) is 5.92 Å². The molecule has 2 aliphatic carbocycles. The van der Waals surface area contributed by atoms with E-state index in [1.165, 1.54) is 0 Å². The van der Waals surface area contributed by atoms with Gasteiger partial charge in [0.2, 0.25) is 0 Å². The molecular formula is C12H10O2. The van der Waals surface area contributed by atoms with Crippen molar-refractivity contribution in [3.8, 4) is 23.7 Å². The predicted octanol–water partition coefficient (Wildman–Crippen LogP) is 0.663. The fourth-order valence-electron chi connectivity index (χ4n) is 1.78. The second kappa shape index (κ2) is 3.33. The standard InChI is InChI=1S/C12H10O2/c13-11-10-6-4-2-1-3-5-8-12(11,14)9-7-10/h1,3,10,14H,6-7,9H2/b3-1-. The first-order chi connectivity index (χ1) is 6.72. The van der Waals surface area contributed by atoms with Crippen LogP contribution in [0.25, 0.3) is 0 Å². The summed E-state index contributed by atoms with van der Waals surface area (Å²) in [6.45, 7) is 0. The summed E-state index contributed by atoms with van der Waals surface area (Å²) in [6, 6.07) is 0. The lowest BCUT2D eigenvalue weighted by atomic mass is 9.97. The molecule has 0 saturated heterocycles. The van der Waals surface area contributed by atoms with Crippen LogP contribution in [-0.2, 0) is 4.79 Å². The van der Waals surface area contributed by atoms with E-state index in [0.717, 1.165) is 0 Å². The van der Waals surface area contributed by atoms with E-state index in [0.29, 0.717) is 19.3 Å². The molecule has 0 radical (unpaired) electrons. The number of aliphatic hydroxyl groups is 1. The van der Waals surface area contributed by atoms with Crippen LogP contribution in [0.1, 0.15) is 19.3 Å². The molecule has 0 aliphatic heterocycles. The number of carbonyl (C=O) groups is 1. The Kier molecular flexibility index (Phi) is 2.15. The molecule has 0 spiro atoms. The lowest BCUT2D eigenvalue weighted by molar-refractivity contribution is -0.131. The predicted molar refractivity (Wildman–Crippen MR) is 52.0 cm³/mol. The normalized spacial score (nSPS) is 36.4. The quantitative estimate of drug-likeness (QED) is 0.564. The van der Waals surface area contributed by atoms with Gasteiger partial charge in [-0.1, -0.05) is 23.7 Å². The molecule has 0 aromatic carbocycles. The molecule has 2 unspecified atom stereocenters. The van der Waals surface area contributed by atoms with Crippen LogP contribution in [0.3, 0.4) is 0 Å². The number of ketones is 1. The average Bonchev–Trinajstić information content (AvgIpc) is 2.45. The molecule has 14 heavy (non-hydrogen) atoms. The zero-order valence-corrected chi connectivity index (χ0v) is 7.71. The molecule has 2 nitrogen and oxygen atoms in total. The maximum Gasteiger partial charge on any atom is 0.184 e. The molecular weight excluding hydrogens is 176 g/mol. The van der Waals surface area contributed by atoms with Crippen molar-refractivity contribution in [3.63, 3.8) is 0 Å². The van der Waals surface area contributed by atoms with Crippen LogP contribution in [0, 0.1) is 29.6 Å². The van der Waals surface area contributed by atoms with Crippen LogP contribution in [0.4, 0.5) is 0 Å². The number of allylic oxidation sites excluding steroid dienone is 2. The summed E-state index contributed by atoms with van der Waals surface area (Å²) >= 11 is 0. The monoisotopic (exact) mass is 186 g/mol. The Balaban J connectivity index is 2.39. The number of hydrogen-bond acceptors (Lipinski definition) is 2. The first-order valence-electron chi connectivity index (χ1n) is 4.65. The Labute approximate surface area is 83.0 Å². The highest BCUT2D eigenvalue weighted by molar-refractivity contribution is 5.94. The van der Waals surface area contributed by atoms with Crippen molar-refractivity contribution >= 4 is 5.78 Å². The van der Waals surface area contributed by atoms with Gasteiger partial charge in [0.1, 0.15) is 0 Å². The minimum atomic E-state index is -1.41. The van der Waals surface area contributed by atoms with Gasteiger partial charge >= 0.3 is 0 Å². The fraction of sp³-hybridized carbons (Fsp3) is 0.417. The van der Waals surface area contributed by atoms with Gasteiger partial charge in [0.05, 0.1) is 0 Å². The van der Waals surface area contributed by atoms with Crippen LogP contribution in [-0.4, -0.2) is 16.5 Å². The summed E-state index contributed by atoms with van der Waals surface area (Å²) in [5.74, 6) is 10.7. The zero-order valence-electron chi connectivity index (χ0n) is 7.71. The van der Waals surface area contributed by atoms with E-state index in [2.05, 4.69) is 23.7 Å². The molecule has 2 rings (SSSR count). The molecule has 0 amide bonds. The van der Waals surface area contributed by atoms with Crippen LogP contribution >= 0.6 is 0 Å². The van der Waals surface area contributed by atoms with E-state index in [4.69, 9.17) is 0 Å². The summed E-state index contributed by atoms with van der Waals surface area (Å²) in [5.41, 5.74) is -1.41. The smallest absolute Gasteiger partial charge is 0.184 e. The van der Waals surface area contributed by atoms with E-state index in [-0.39, 0.29) is 11.7 Å². The van der Waals surface area contributed by atoms with E-state index in [1.54, 1.807) is 12.2 Å². The van der Waals surface area contributed by atoms with E-state index < -0.39 is 5.60 Å². The van der Waals surface area contributed by atoms with Gasteiger partial charge in [-0.25, -0.2) is 0 Å². The lowest BCUT2D eigenvalue weighted by Gasteiger charge is -2.13. The largest absolute Gasteiger partial charge is 0.371 e. The minimum absolute atomic E-state index is 0.131. The molecule has 0 heterocycles. The van der Waals surface area contributed by atoms with Crippen molar-refractivity contribution in [2.45, 2.75) is 24.9 Å². The fourth-order valence-corrected chi connectivity index (χ4v) is 1.78. The van der Waals surface area contributed by atoms with E-state index >= 15 is 0 Å². The highest BCUT2D eigenvalue weighted by Gasteiger charge is 2.44. The van der Waals surface area contributed by atoms with Gasteiger partial charge < -0.3 is 5.11 Å². The summed E-state index contributed by atoms with van der Waals surface area (Å²) in [7, 11) is 0. The zero-order chi connectivity index (χ0) is 10.0. The molecule has 0 aromatic heterocycles. The second-order valence-electron chi connectivity index (χ2n) is 3.59. The van der Waals surface area contributed by atoms with Crippen LogP contribution in [0.15, 0.2) is 12.2 Å². The first kappa shape index (κ1) is 9.06. The highest BCUT2D eigenvalue weighted by Crippen LogP contribution is 2.32. The van der Waals surface area contributed by atoms with Gasteiger partial charge in [-0.2, -0.15) is 0 Å². The molecule has 2 bridgehead atoms. The number of Topliss-reactive ketones (excluding diaryl/α,β-unsaturated/α-hetero) is 1. The SMILES string of the molecule is O=C1C2CC#C/C=C\C#CC1(O)CC2. The van der Waals surface area contributed by atoms with Gasteiger partial charge in [0, 0.05) is 12.3 Å².